The number of hydrogen-bond acceptors (Lipinski definition) is 5. The molecule has 1 heterocycles. The molecule has 3 rings (SSSR count). The zero-order valence-electron chi connectivity index (χ0n) is 16.4. The van der Waals surface area contributed by atoms with Crippen molar-refractivity contribution in [3.05, 3.63) is 77.2 Å². The largest absolute Gasteiger partial charge is 0.462 e. The summed E-state index contributed by atoms with van der Waals surface area (Å²) in [4.78, 5) is 25.4. The van der Waals surface area contributed by atoms with Gasteiger partial charge >= 0.3 is 5.97 Å². The molecule has 1 amide bonds. The third-order valence-corrected chi connectivity index (χ3v) is 5.84. The predicted molar refractivity (Wildman–Crippen MR) is 127 cm³/mol. The number of carbonyl (C=O) groups is 2. The molecule has 1 aromatic heterocycles. The molecular weight excluding hydrogens is 479 g/mol. The SMILES string of the molecule is CCOC(=O)c1c(-c2ccccc2)csc1N[C@@H](NC(=O)c1ccccc1)C(Cl)(Cl)Cl. The molecule has 0 radical (unpaired) electrons. The van der Waals surface area contributed by atoms with E-state index in [2.05, 4.69) is 10.6 Å². The van der Waals surface area contributed by atoms with Crippen molar-refractivity contribution in [1.82, 2.24) is 5.32 Å². The minimum Gasteiger partial charge on any atom is -0.462 e. The molecule has 0 spiro atoms. The van der Waals surface area contributed by atoms with Crippen molar-refractivity contribution in [3.8, 4) is 11.1 Å². The van der Waals surface area contributed by atoms with Gasteiger partial charge in [0.25, 0.3) is 5.91 Å². The average Bonchev–Trinajstić information content (AvgIpc) is 3.18. The number of benzene rings is 2. The normalized spacial score (nSPS) is 12.1. The van der Waals surface area contributed by atoms with Crippen LogP contribution in [-0.2, 0) is 4.74 Å². The second kappa shape index (κ2) is 10.4. The first-order valence-corrected chi connectivity index (χ1v) is 11.4. The number of thiophene rings is 1. The van der Waals surface area contributed by atoms with E-state index in [0.29, 0.717) is 21.7 Å². The molecule has 0 saturated carbocycles. The van der Waals surface area contributed by atoms with E-state index in [0.717, 1.165) is 5.56 Å². The fraction of sp³-hybridized carbons (Fsp3) is 0.182. The molecule has 0 aliphatic carbocycles. The third kappa shape index (κ3) is 5.92. The monoisotopic (exact) mass is 496 g/mol. The fourth-order valence-electron chi connectivity index (χ4n) is 2.84. The summed E-state index contributed by atoms with van der Waals surface area (Å²) >= 11 is 19.7. The molecule has 162 valence electrons. The number of nitrogens with one attached hydrogen (secondary N) is 2. The van der Waals surface area contributed by atoms with Crippen molar-refractivity contribution >= 4 is 63.0 Å². The quantitative estimate of drug-likeness (QED) is 0.234. The summed E-state index contributed by atoms with van der Waals surface area (Å²) in [5, 5.41) is 7.92. The van der Waals surface area contributed by atoms with E-state index in [1.54, 1.807) is 37.3 Å². The van der Waals surface area contributed by atoms with E-state index in [1.165, 1.54) is 11.3 Å². The van der Waals surface area contributed by atoms with Gasteiger partial charge in [-0.25, -0.2) is 4.79 Å². The number of anilines is 1. The number of esters is 1. The lowest BCUT2D eigenvalue weighted by molar-refractivity contribution is 0.0529. The van der Waals surface area contributed by atoms with Crippen LogP contribution in [0.5, 0.6) is 0 Å². The Morgan fingerprint density at radius 2 is 1.65 bits per heavy atom. The van der Waals surface area contributed by atoms with Gasteiger partial charge in [-0.2, -0.15) is 0 Å². The van der Waals surface area contributed by atoms with Gasteiger partial charge in [0.2, 0.25) is 3.79 Å². The van der Waals surface area contributed by atoms with E-state index < -0.39 is 21.8 Å². The van der Waals surface area contributed by atoms with Gasteiger partial charge in [-0.1, -0.05) is 83.3 Å². The van der Waals surface area contributed by atoms with Crippen LogP contribution in [0.25, 0.3) is 11.1 Å². The van der Waals surface area contributed by atoms with E-state index in [9.17, 15) is 9.59 Å². The molecule has 0 aliphatic heterocycles. The molecule has 3 aromatic rings. The summed E-state index contributed by atoms with van der Waals surface area (Å²) in [5.41, 5.74) is 2.24. The fourth-order valence-corrected chi connectivity index (χ4v) is 4.15. The number of amides is 1. The van der Waals surface area contributed by atoms with Gasteiger partial charge in [-0.15, -0.1) is 11.3 Å². The van der Waals surface area contributed by atoms with Gasteiger partial charge in [0.1, 0.15) is 16.7 Å². The Labute approximate surface area is 199 Å². The Hall–Kier alpha value is -2.25. The first-order chi connectivity index (χ1) is 14.8. The van der Waals surface area contributed by atoms with E-state index in [1.807, 2.05) is 35.7 Å². The summed E-state index contributed by atoms with van der Waals surface area (Å²) in [6.07, 6.45) is -1.11. The second-order valence-electron chi connectivity index (χ2n) is 6.40. The molecule has 0 saturated heterocycles. The van der Waals surface area contributed by atoms with Crippen LogP contribution in [-0.4, -0.2) is 28.4 Å². The Balaban J connectivity index is 1.95. The van der Waals surface area contributed by atoms with E-state index in [4.69, 9.17) is 39.5 Å². The van der Waals surface area contributed by atoms with Crippen LogP contribution in [0.15, 0.2) is 66.0 Å². The predicted octanol–water partition coefficient (Wildman–Crippen LogP) is 6.13. The second-order valence-corrected chi connectivity index (χ2v) is 9.65. The van der Waals surface area contributed by atoms with Gasteiger partial charge < -0.3 is 15.4 Å². The van der Waals surface area contributed by atoms with Crippen LogP contribution in [0.4, 0.5) is 5.00 Å². The lowest BCUT2D eigenvalue weighted by atomic mass is 10.0. The van der Waals surface area contributed by atoms with Crippen LogP contribution in [0.3, 0.4) is 0 Å². The van der Waals surface area contributed by atoms with Crippen molar-refractivity contribution in [3.63, 3.8) is 0 Å². The minimum absolute atomic E-state index is 0.209. The van der Waals surface area contributed by atoms with Gasteiger partial charge in [0.05, 0.1) is 6.61 Å². The highest BCUT2D eigenvalue weighted by atomic mass is 35.6. The topological polar surface area (TPSA) is 67.4 Å². The summed E-state index contributed by atoms with van der Waals surface area (Å²) in [6.45, 7) is 1.94. The maximum absolute atomic E-state index is 12.8. The number of carbonyl (C=O) groups excluding carboxylic acids is 2. The summed E-state index contributed by atoms with van der Waals surface area (Å²) in [7, 11) is 0. The first kappa shape index (κ1) is 23.4. The molecule has 0 unspecified atom stereocenters. The summed E-state index contributed by atoms with van der Waals surface area (Å²) in [6, 6.07) is 18.0. The zero-order valence-corrected chi connectivity index (χ0v) is 19.5. The molecule has 31 heavy (non-hydrogen) atoms. The van der Waals surface area contributed by atoms with Gasteiger partial charge in [-0.05, 0) is 24.6 Å². The third-order valence-electron chi connectivity index (χ3n) is 4.27. The van der Waals surface area contributed by atoms with Crippen molar-refractivity contribution in [1.29, 1.82) is 0 Å². The Morgan fingerprint density at radius 3 is 2.23 bits per heavy atom. The van der Waals surface area contributed by atoms with Gasteiger partial charge in [0, 0.05) is 16.5 Å². The maximum Gasteiger partial charge on any atom is 0.341 e. The number of ether oxygens (including phenoxy) is 1. The molecule has 0 aliphatic rings. The number of hydrogen-bond donors (Lipinski definition) is 2. The van der Waals surface area contributed by atoms with Crippen LogP contribution < -0.4 is 10.6 Å². The van der Waals surface area contributed by atoms with Crippen molar-refractivity contribution < 1.29 is 14.3 Å². The molecule has 0 bridgehead atoms. The average molecular weight is 498 g/mol. The zero-order chi connectivity index (χ0) is 22.4. The summed E-state index contributed by atoms with van der Waals surface area (Å²) in [5.74, 6) is -0.940. The molecule has 9 heteroatoms. The highest BCUT2D eigenvalue weighted by Gasteiger charge is 2.36. The number of halogens is 3. The lowest BCUT2D eigenvalue weighted by Crippen LogP contribution is -2.49. The van der Waals surface area contributed by atoms with Crippen LogP contribution >= 0.6 is 46.1 Å². The Morgan fingerprint density at radius 1 is 1.03 bits per heavy atom. The lowest BCUT2D eigenvalue weighted by Gasteiger charge is -2.27. The Kier molecular flexibility index (Phi) is 7.84. The maximum atomic E-state index is 12.8. The standard InChI is InChI=1S/C22H19Cl3N2O3S/c1-2-30-20(29)17-16(14-9-5-3-6-10-14)13-31-19(17)27-21(22(23,24)25)26-18(28)15-11-7-4-8-12-15/h3-13,21,27H,2H2,1H3,(H,26,28)/t21-/m1/s1. The van der Waals surface area contributed by atoms with Crippen molar-refractivity contribution in [2.45, 2.75) is 16.9 Å². The van der Waals surface area contributed by atoms with Gasteiger partial charge in [0.15, 0.2) is 0 Å². The smallest absolute Gasteiger partial charge is 0.341 e. The first-order valence-electron chi connectivity index (χ1n) is 9.34. The highest BCUT2D eigenvalue weighted by Crippen LogP contribution is 2.39. The number of alkyl halides is 3. The Bertz CT molecular complexity index is 1040. The molecule has 2 N–H and O–H groups in total. The number of rotatable bonds is 7. The highest BCUT2D eigenvalue weighted by molar-refractivity contribution is 7.15. The van der Waals surface area contributed by atoms with E-state index >= 15 is 0 Å². The van der Waals surface area contributed by atoms with E-state index in [-0.39, 0.29) is 6.61 Å². The van der Waals surface area contributed by atoms with Gasteiger partial charge in [-0.3, -0.25) is 4.79 Å². The molecule has 1 atom stereocenters. The molecule has 2 aromatic carbocycles. The van der Waals surface area contributed by atoms with Crippen molar-refractivity contribution in [2.75, 3.05) is 11.9 Å². The van der Waals surface area contributed by atoms with Crippen LogP contribution in [0.2, 0.25) is 0 Å². The summed E-state index contributed by atoms with van der Waals surface area (Å²) < 4.78 is 3.35. The molecular formula is C22H19Cl3N2O3S. The molecule has 5 nitrogen and oxygen atoms in total. The minimum atomic E-state index is -1.90. The van der Waals surface area contributed by atoms with Crippen molar-refractivity contribution in [2.24, 2.45) is 0 Å². The van der Waals surface area contributed by atoms with Crippen LogP contribution in [0, 0.1) is 0 Å². The molecule has 0 fully saturated rings. The van der Waals surface area contributed by atoms with Crippen LogP contribution in [0.1, 0.15) is 27.6 Å².